The smallest absolute Gasteiger partial charge is 0.129 e. The van der Waals surface area contributed by atoms with Gasteiger partial charge in [0.1, 0.15) is 18.5 Å². The second kappa shape index (κ2) is 3.24. The summed E-state index contributed by atoms with van der Waals surface area (Å²) in [6, 6.07) is 4.17. The third kappa shape index (κ3) is 1.74. The molecule has 0 aliphatic carbocycles. The minimum absolute atomic E-state index is 0.0557. The highest BCUT2D eigenvalue weighted by Gasteiger charge is 2.29. The van der Waals surface area contributed by atoms with E-state index in [1.807, 2.05) is 6.07 Å². The molecule has 0 aromatic heterocycles. The van der Waals surface area contributed by atoms with Gasteiger partial charge in [-0.2, -0.15) is 0 Å². The van der Waals surface area contributed by atoms with Gasteiger partial charge >= 0.3 is 0 Å². The first-order valence-corrected chi connectivity index (χ1v) is 5.35. The number of aryl methyl sites for hydroxylation is 1. The first-order valence-electron chi connectivity index (χ1n) is 5.35. The Labute approximate surface area is 90.9 Å². The van der Waals surface area contributed by atoms with Crippen LogP contribution >= 0.6 is 0 Å². The molecule has 1 N–H and O–H groups in total. The van der Waals surface area contributed by atoms with Gasteiger partial charge in [0.2, 0.25) is 0 Å². The standard InChI is InChI=1S/C13H18O2/c1-8-5-9-11(14)7-15-12(9)10(6-8)13(2,3)4/h5-6,11,14H,7H2,1-4H3. The summed E-state index contributed by atoms with van der Waals surface area (Å²) in [5.41, 5.74) is 3.37. The Morgan fingerprint density at radius 1 is 1.33 bits per heavy atom. The van der Waals surface area contributed by atoms with Crippen LogP contribution in [-0.4, -0.2) is 11.7 Å². The monoisotopic (exact) mass is 206 g/mol. The van der Waals surface area contributed by atoms with Gasteiger partial charge in [0.15, 0.2) is 0 Å². The maximum Gasteiger partial charge on any atom is 0.129 e. The fourth-order valence-electron chi connectivity index (χ4n) is 2.02. The van der Waals surface area contributed by atoms with E-state index in [1.54, 1.807) is 0 Å². The van der Waals surface area contributed by atoms with Crippen molar-refractivity contribution in [1.29, 1.82) is 0 Å². The van der Waals surface area contributed by atoms with Gasteiger partial charge in [0.05, 0.1) is 0 Å². The molecule has 0 saturated heterocycles. The van der Waals surface area contributed by atoms with E-state index >= 15 is 0 Å². The van der Waals surface area contributed by atoms with Gasteiger partial charge in [0.25, 0.3) is 0 Å². The number of benzene rings is 1. The van der Waals surface area contributed by atoms with Crippen LogP contribution in [0.1, 0.15) is 43.6 Å². The Bertz CT molecular complexity index is 388. The van der Waals surface area contributed by atoms with Crippen LogP contribution < -0.4 is 4.74 Å². The zero-order valence-corrected chi connectivity index (χ0v) is 9.79. The van der Waals surface area contributed by atoms with Crippen LogP contribution in [0, 0.1) is 6.92 Å². The molecule has 0 saturated carbocycles. The lowest BCUT2D eigenvalue weighted by molar-refractivity contribution is 0.140. The van der Waals surface area contributed by atoms with E-state index in [1.165, 1.54) is 11.1 Å². The minimum atomic E-state index is -0.457. The zero-order valence-electron chi connectivity index (χ0n) is 9.79. The molecule has 1 aromatic carbocycles. The lowest BCUT2D eigenvalue weighted by Crippen LogP contribution is -2.13. The minimum Gasteiger partial charge on any atom is -0.490 e. The summed E-state index contributed by atoms with van der Waals surface area (Å²) in [5.74, 6) is 0.889. The van der Waals surface area contributed by atoms with Crippen molar-refractivity contribution in [3.63, 3.8) is 0 Å². The SMILES string of the molecule is Cc1cc2c(c(C(C)(C)C)c1)OCC2O. The van der Waals surface area contributed by atoms with Crippen molar-refractivity contribution in [2.75, 3.05) is 6.61 Å². The van der Waals surface area contributed by atoms with Crippen LogP contribution in [0.2, 0.25) is 0 Å². The third-order valence-electron chi connectivity index (χ3n) is 2.81. The molecule has 1 aliphatic heterocycles. The Hall–Kier alpha value is -1.02. The summed E-state index contributed by atoms with van der Waals surface area (Å²) < 4.78 is 5.57. The number of aliphatic hydroxyl groups is 1. The van der Waals surface area contributed by atoms with Crippen molar-refractivity contribution in [3.8, 4) is 5.75 Å². The summed E-state index contributed by atoms with van der Waals surface area (Å²) in [7, 11) is 0. The maximum atomic E-state index is 9.77. The fourth-order valence-corrected chi connectivity index (χ4v) is 2.02. The number of hydrogen-bond donors (Lipinski definition) is 1. The molecule has 1 unspecified atom stereocenters. The summed E-state index contributed by atoms with van der Waals surface area (Å²) >= 11 is 0. The number of fused-ring (bicyclic) bond motifs is 1. The van der Waals surface area contributed by atoms with Crippen LogP contribution in [0.4, 0.5) is 0 Å². The van der Waals surface area contributed by atoms with Crippen LogP contribution in [0.25, 0.3) is 0 Å². The van der Waals surface area contributed by atoms with E-state index in [0.717, 1.165) is 11.3 Å². The van der Waals surface area contributed by atoms with E-state index in [4.69, 9.17) is 4.74 Å². The summed E-state index contributed by atoms with van der Waals surface area (Å²) in [6.45, 7) is 8.94. The van der Waals surface area contributed by atoms with Gasteiger partial charge in [-0.05, 0) is 18.4 Å². The van der Waals surface area contributed by atoms with Gasteiger partial charge in [0, 0.05) is 11.1 Å². The molecular weight excluding hydrogens is 188 g/mol. The van der Waals surface area contributed by atoms with Gasteiger partial charge in [-0.25, -0.2) is 0 Å². The molecule has 0 spiro atoms. The second-order valence-corrected chi connectivity index (χ2v) is 5.31. The average molecular weight is 206 g/mol. The largest absolute Gasteiger partial charge is 0.490 e. The zero-order chi connectivity index (χ0) is 11.2. The molecule has 1 aliphatic rings. The first kappa shape index (κ1) is 10.5. The Kier molecular flexibility index (Phi) is 2.27. The van der Waals surface area contributed by atoms with E-state index in [9.17, 15) is 5.11 Å². The molecule has 1 heterocycles. The highest BCUT2D eigenvalue weighted by Crippen LogP contribution is 2.41. The molecule has 2 heteroatoms. The molecule has 2 nitrogen and oxygen atoms in total. The quantitative estimate of drug-likeness (QED) is 0.707. The molecule has 0 fully saturated rings. The second-order valence-electron chi connectivity index (χ2n) is 5.31. The number of rotatable bonds is 0. The lowest BCUT2D eigenvalue weighted by atomic mass is 9.84. The van der Waals surface area contributed by atoms with E-state index in [-0.39, 0.29) is 5.41 Å². The Balaban J connectivity index is 2.62. The van der Waals surface area contributed by atoms with Crippen molar-refractivity contribution in [1.82, 2.24) is 0 Å². The molecule has 15 heavy (non-hydrogen) atoms. The fraction of sp³-hybridized carbons (Fsp3) is 0.538. The van der Waals surface area contributed by atoms with E-state index in [2.05, 4.69) is 33.8 Å². The number of aliphatic hydroxyl groups excluding tert-OH is 1. The van der Waals surface area contributed by atoms with E-state index < -0.39 is 6.10 Å². The summed E-state index contributed by atoms with van der Waals surface area (Å²) in [4.78, 5) is 0. The lowest BCUT2D eigenvalue weighted by Gasteiger charge is -2.22. The topological polar surface area (TPSA) is 29.5 Å². The number of hydrogen-bond acceptors (Lipinski definition) is 2. The summed E-state index contributed by atoms with van der Waals surface area (Å²) in [6.07, 6.45) is -0.457. The highest BCUT2D eigenvalue weighted by molar-refractivity contribution is 5.50. The van der Waals surface area contributed by atoms with Crippen molar-refractivity contribution in [2.45, 2.75) is 39.2 Å². The molecule has 82 valence electrons. The average Bonchev–Trinajstić information content (AvgIpc) is 2.45. The Morgan fingerprint density at radius 2 is 2.00 bits per heavy atom. The first-order chi connectivity index (χ1) is 6.89. The van der Waals surface area contributed by atoms with E-state index in [0.29, 0.717) is 6.61 Å². The maximum absolute atomic E-state index is 9.77. The molecule has 2 rings (SSSR count). The molecule has 1 aromatic rings. The van der Waals surface area contributed by atoms with Crippen LogP contribution in [-0.2, 0) is 5.41 Å². The predicted octanol–water partition coefficient (Wildman–Crippen LogP) is 2.72. The van der Waals surface area contributed by atoms with Gasteiger partial charge < -0.3 is 9.84 Å². The van der Waals surface area contributed by atoms with Crippen molar-refractivity contribution in [2.24, 2.45) is 0 Å². The molecular formula is C13H18O2. The van der Waals surface area contributed by atoms with Crippen LogP contribution in [0.15, 0.2) is 12.1 Å². The van der Waals surface area contributed by atoms with Crippen molar-refractivity contribution >= 4 is 0 Å². The summed E-state index contributed by atoms with van der Waals surface area (Å²) in [5, 5.41) is 9.77. The van der Waals surface area contributed by atoms with Crippen molar-refractivity contribution < 1.29 is 9.84 Å². The molecule has 0 radical (unpaired) electrons. The number of ether oxygens (including phenoxy) is 1. The van der Waals surface area contributed by atoms with Crippen LogP contribution in [0.5, 0.6) is 5.75 Å². The third-order valence-corrected chi connectivity index (χ3v) is 2.81. The molecule has 0 amide bonds. The highest BCUT2D eigenvalue weighted by atomic mass is 16.5. The normalized spacial score (nSPS) is 19.9. The van der Waals surface area contributed by atoms with Gasteiger partial charge in [-0.3, -0.25) is 0 Å². The Morgan fingerprint density at radius 3 is 2.60 bits per heavy atom. The van der Waals surface area contributed by atoms with Gasteiger partial charge in [-0.15, -0.1) is 0 Å². The van der Waals surface area contributed by atoms with Gasteiger partial charge in [-0.1, -0.05) is 32.4 Å². The van der Waals surface area contributed by atoms with Crippen molar-refractivity contribution in [3.05, 3.63) is 28.8 Å². The van der Waals surface area contributed by atoms with Crippen LogP contribution in [0.3, 0.4) is 0 Å². The molecule has 1 atom stereocenters. The predicted molar refractivity (Wildman–Crippen MR) is 60.3 cm³/mol. The molecule has 0 bridgehead atoms.